The Hall–Kier alpha value is -2.40. The van der Waals surface area contributed by atoms with Crippen molar-refractivity contribution in [3.63, 3.8) is 0 Å². The van der Waals surface area contributed by atoms with Crippen molar-refractivity contribution in [1.82, 2.24) is 9.88 Å². The van der Waals surface area contributed by atoms with Gasteiger partial charge in [0, 0.05) is 47.4 Å². The second-order valence-corrected chi connectivity index (χ2v) is 7.95. The van der Waals surface area contributed by atoms with Crippen molar-refractivity contribution >= 4 is 38.4 Å². The van der Waals surface area contributed by atoms with E-state index in [1.165, 1.54) is 11.3 Å². The molecule has 1 fully saturated rings. The molecule has 138 valence electrons. The monoisotopic (exact) mass is 423 g/mol. The fourth-order valence-corrected chi connectivity index (χ4v) is 4.10. The number of benzene rings is 2. The summed E-state index contributed by atoms with van der Waals surface area (Å²) < 4.78 is 0.971. The summed E-state index contributed by atoms with van der Waals surface area (Å²) in [6, 6.07) is 16.2. The van der Waals surface area contributed by atoms with Gasteiger partial charge in [0.25, 0.3) is 5.91 Å². The minimum Gasteiger partial charge on any atom is -0.368 e. The predicted molar refractivity (Wildman–Crippen MR) is 113 cm³/mol. The molecule has 2 aromatic carbocycles. The molecule has 1 amide bonds. The van der Waals surface area contributed by atoms with E-state index in [0.29, 0.717) is 0 Å². The van der Waals surface area contributed by atoms with Crippen LogP contribution in [0.2, 0.25) is 0 Å². The molecule has 27 heavy (non-hydrogen) atoms. The zero-order chi connectivity index (χ0) is 19.0. The molecule has 0 aliphatic carbocycles. The molecule has 2 heterocycles. The molecule has 0 spiro atoms. The van der Waals surface area contributed by atoms with Gasteiger partial charge in [0.15, 0.2) is 0 Å². The van der Waals surface area contributed by atoms with Gasteiger partial charge in [0.05, 0.1) is 11.1 Å². The van der Waals surface area contributed by atoms with E-state index in [4.69, 9.17) is 0 Å². The van der Waals surface area contributed by atoms with Crippen LogP contribution >= 0.6 is 15.9 Å². The summed E-state index contributed by atoms with van der Waals surface area (Å²) in [6.07, 6.45) is 0. The standard InChI is InChI=1S/C22H22BrN3O/c1-15-5-3-4-6-21(15)25-9-11-26(12-10-25)22(27)19-13-16(2)24-20-14-17(23)7-8-18(19)20/h3-8,13-14H,9-12H2,1-2H3. The number of rotatable bonds is 2. The molecule has 5 heteroatoms. The molecule has 0 N–H and O–H groups in total. The highest BCUT2D eigenvalue weighted by atomic mass is 79.9. The third kappa shape index (κ3) is 3.56. The summed E-state index contributed by atoms with van der Waals surface area (Å²) in [4.78, 5) is 22.1. The van der Waals surface area contributed by atoms with E-state index in [1.807, 2.05) is 36.1 Å². The molecule has 4 nitrogen and oxygen atoms in total. The van der Waals surface area contributed by atoms with Crippen molar-refractivity contribution < 1.29 is 4.79 Å². The number of anilines is 1. The second-order valence-electron chi connectivity index (χ2n) is 7.04. The third-order valence-electron chi connectivity index (χ3n) is 5.15. The molecular weight excluding hydrogens is 402 g/mol. The molecule has 0 saturated carbocycles. The van der Waals surface area contributed by atoms with Crippen LogP contribution in [0.15, 0.2) is 53.0 Å². The fourth-order valence-electron chi connectivity index (χ4n) is 3.75. The van der Waals surface area contributed by atoms with E-state index in [-0.39, 0.29) is 5.91 Å². The molecular formula is C22H22BrN3O. The van der Waals surface area contributed by atoms with Gasteiger partial charge in [-0.25, -0.2) is 0 Å². The summed E-state index contributed by atoms with van der Waals surface area (Å²) in [7, 11) is 0. The first kappa shape index (κ1) is 18.0. The molecule has 0 radical (unpaired) electrons. The average molecular weight is 424 g/mol. The smallest absolute Gasteiger partial charge is 0.254 e. The summed E-state index contributed by atoms with van der Waals surface area (Å²) in [6.45, 7) is 7.23. The average Bonchev–Trinajstić information content (AvgIpc) is 2.67. The van der Waals surface area contributed by atoms with Gasteiger partial charge >= 0.3 is 0 Å². The fraction of sp³-hybridized carbons (Fsp3) is 0.273. The first-order chi connectivity index (χ1) is 13.0. The van der Waals surface area contributed by atoms with Crippen LogP contribution in [0.1, 0.15) is 21.6 Å². The SMILES string of the molecule is Cc1cc(C(=O)N2CCN(c3ccccc3C)CC2)c2ccc(Br)cc2n1. The summed E-state index contributed by atoms with van der Waals surface area (Å²) in [5.74, 6) is 0.0947. The lowest BCUT2D eigenvalue weighted by molar-refractivity contribution is 0.0748. The molecule has 3 aromatic rings. The summed E-state index contributed by atoms with van der Waals surface area (Å²) in [5.41, 5.74) is 5.00. The number of nitrogens with zero attached hydrogens (tertiary/aromatic N) is 3. The van der Waals surface area contributed by atoms with E-state index in [0.717, 1.165) is 52.8 Å². The molecule has 0 bridgehead atoms. The van der Waals surface area contributed by atoms with Gasteiger partial charge in [-0.2, -0.15) is 0 Å². The molecule has 1 aliphatic heterocycles. The lowest BCUT2D eigenvalue weighted by Gasteiger charge is -2.37. The Morgan fingerprint density at radius 3 is 2.48 bits per heavy atom. The lowest BCUT2D eigenvalue weighted by atomic mass is 10.1. The Labute approximate surface area is 167 Å². The van der Waals surface area contributed by atoms with Crippen molar-refractivity contribution in [1.29, 1.82) is 0 Å². The largest absolute Gasteiger partial charge is 0.368 e. The number of hydrogen-bond donors (Lipinski definition) is 0. The number of pyridine rings is 1. The first-order valence-electron chi connectivity index (χ1n) is 9.20. The van der Waals surface area contributed by atoms with Gasteiger partial charge in [-0.15, -0.1) is 0 Å². The van der Waals surface area contributed by atoms with Crippen LogP contribution < -0.4 is 4.90 Å². The first-order valence-corrected chi connectivity index (χ1v) is 9.99. The van der Waals surface area contributed by atoms with Gasteiger partial charge in [-0.05, 0) is 43.7 Å². The number of para-hydroxylation sites is 1. The van der Waals surface area contributed by atoms with Gasteiger partial charge in [0.1, 0.15) is 0 Å². The number of piperazine rings is 1. The van der Waals surface area contributed by atoms with Crippen LogP contribution in [0.4, 0.5) is 5.69 Å². The molecule has 0 atom stereocenters. The highest BCUT2D eigenvalue weighted by molar-refractivity contribution is 9.10. The number of fused-ring (bicyclic) bond motifs is 1. The zero-order valence-corrected chi connectivity index (χ0v) is 17.2. The van der Waals surface area contributed by atoms with E-state index in [1.54, 1.807) is 0 Å². The van der Waals surface area contributed by atoms with Crippen LogP contribution in [-0.4, -0.2) is 42.0 Å². The van der Waals surface area contributed by atoms with E-state index < -0.39 is 0 Å². The highest BCUT2D eigenvalue weighted by Crippen LogP contribution is 2.25. The van der Waals surface area contributed by atoms with Crippen LogP contribution in [0.3, 0.4) is 0 Å². The molecule has 1 aliphatic rings. The number of hydrogen-bond acceptors (Lipinski definition) is 3. The second kappa shape index (κ2) is 7.31. The van der Waals surface area contributed by atoms with Crippen molar-refractivity contribution in [3.05, 3.63) is 69.8 Å². The Kier molecular flexibility index (Phi) is 4.87. The third-order valence-corrected chi connectivity index (χ3v) is 5.65. The van der Waals surface area contributed by atoms with Crippen LogP contribution in [0.5, 0.6) is 0 Å². The van der Waals surface area contributed by atoms with Crippen molar-refractivity contribution in [2.24, 2.45) is 0 Å². The maximum atomic E-state index is 13.2. The number of amides is 1. The van der Waals surface area contributed by atoms with Crippen LogP contribution in [0.25, 0.3) is 10.9 Å². The van der Waals surface area contributed by atoms with Crippen LogP contribution in [0, 0.1) is 13.8 Å². The van der Waals surface area contributed by atoms with Gasteiger partial charge in [-0.3, -0.25) is 9.78 Å². The minimum atomic E-state index is 0.0947. The van der Waals surface area contributed by atoms with Gasteiger partial charge in [-0.1, -0.05) is 40.2 Å². The quantitative estimate of drug-likeness (QED) is 0.605. The maximum Gasteiger partial charge on any atom is 0.254 e. The van der Waals surface area contributed by atoms with E-state index in [9.17, 15) is 4.79 Å². The zero-order valence-electron chi connectivity index (χ0n) is 15.6. The van der Waals surface area contributed by atoms with Crippen LogP contribution in [-0.2, 0) is 0 Å². The number of aromatic nitrogens is 1. The number of aryl methyl sites for hydroxylation is 2. The topological polar surface area (TPSA) is 36.4 Å². The maximum absolute atomic E-state index is 13.2. The summed E-state index contributed by atoms with van der Waals surface area (Å²) in [5, 5.41) is 0.912. The Bertz CT molecular complexity index is 1000. The van der Waals surface area contributed by atoms with Gasteiger partial charge in [0.2, 0.25) is 0 Å². The number of halogens is 1. The Morgan fingerprint density at radius 2 is 1.74 bits per heavy atom. The lowest BCUT2D eigenvalue weighted by Crippen LogP contribution is -2.49. The number of carbonyl (C=O) groups is 1. The Morgan fingerprint density at radius 1 is 1.00 bits per heavy atom. The summed E-state index contributed by atoms with van der Waals surface area (Å²) >= 11 is 3.49. The van der Waals surface area contributed by atoms with E-state index >= 15 is 0 Å². The normalized spacial score (nSPS) is 14.6. The molecule has 0 unspecified atom stereocenters. The number of carbonyl (C=O) groups excluding carboxylic acids is 1. The van der Waals surface area contributed by atoms with Crippen molar-refractivity contribution in [3.8, 4) is 0 Å². The molecule has 4 rings (SSSR count). The Balaban J connectivity index is 1.57. The van der Waals surface area contributed by atoms with Crippen molar-refractivity contribution in [2.75, 3.05) is 31.1 Å². The van der Waals surface area contributed by atoms with Gasteiger partial charge < -0.3 is 9.80 Å². The van der Waals surface area contributed by atoms with Crippen molar-refractivity contribution in [2.45, 2.75) is 13.8 Å². The van der Waals surface area contributed by atoms with E-state index in [2.05, 4.69) is 57.0 Å². The molecule has 1 aromatic heterocycles. The molecule has 1 saturated heterocycles. The predicted octanol–water partition coefficient (Wildman–Crippen LogP) is 4.58. The minimum absolute atomic E-state index is 0.0947. The highest BCUT2D eigenvalue weighted by Gasteiger charge is 2.24.